The molecule has 0 aliphatic carbocycles. The van der Waals surface area contributed by atoms with Crippen molar-refractivity contribution in [2.45, 2.75) is 26.8 Å². The van der Waals surface area contributed by atoms with Crippen LogP contribution < -0.4 is 0 Å². The standard InChI is InChI=1S/C13H14N2O/c1-9(2)15-7-12(14-8-16)11-5-4-10(3)6-13(11)15/h4-7,9H,1-3H3. The molecule has 0 unspecified atom stereocenters. The highest BCUT2D eigenvalue weighted by atomic mass is 16.1. The van der Waals surface area contributed by atoms with Crippen LogP contribution >= 0.6 is 0 Å². The Labute approximate surface area is 94.4 Å². The molecule has 0 aliphatic rings. The van der Waals surface area contributed by atoms with Crippen LogP contribution in [0.1, 0.15) is 25.5 Å². The van der Waals surface area contributed by atoms with Crippen LogP contribution in [0.5, 0.6) is 0 Å². The summed E-state index contributed by atoms with van der Waals surface area (Å²) >= 11 is 0. The Morgan fingerprint density at radius 2 is 2.12 bits per heavy atom. The van der Waals surface area contributed by atoms with E-state index in [9.17, 15) is 4.79 Å². The molecule has 2 aromatic rings. The summed E-state index contributed by atoms with van der Waals surface area (Å²) in [5.41, 5.74) is 3.01. The Kier molecular flexibility index (Phi) is 2.63. The normalized spacial score (nSPS) is 10.8. The van der Waals surface area contributed by atoms with Crippen LogP contribution in [-0.4, -0.2) is 10.6 Å². The van der Waals surface area contributed by atoms with Crippen molar-refractivity contribution < 1.29 is 4.79 Å². The van der Waals surface area contributed by atoms with Crippen LogP contribution in [0.2, 0.25) is 0 Å². The fraction of sp³-hybridized carbons (Fsp3) is 0.308. The minimum absolute atomic E-state index is 0.347. The third-order valence-corrected chi connectivity index (χ3v) is 2.69. The number of aliphatic imine (C=N–C) groups is 1. The molecule has 1 heterocycles. The van der Waals surface area contributed by atoms with Crippen molar-refractivity contribution in [1.29, 1.82) is 0 Å². The van der Waals surface area contributed by atoms with Gasteiger partial charge in [0.2, 0.25) is 6.08 Å². The van der Waals surface area contributed by atoms with Crippen LogP contribution in [-0.2, 0) is 4.79 Å². The molecule has 0 saturated heterocycles. The van der Waals surface area contributed by atoms with Crippen molar-refractivity contribution in [2.24, 2.45) is 4.99 Å². The monoisotopic (exact) mass is 214 g/mol. The van der Waals surface area contributed by atoms with Crippen molar-refractivity contribution in [1.82, 2.24) is 4.57 Å². The third-order valence-electron chi connectivity index (χ3n) is 2.69. The number of hydrogen-bond acceptors (Lipinski definition) is 2. The predicted molar refractivity (Wildman–Crippen MR) is 64.8 cm³/mol. The number of aryl methyl sites for hydroxylation is 1. The summed E-state index contributed by atoms with van der Waals surface area (Å²) in [5, 5.41) is 1.00. The zero-order chi connectivity index (χ0) is 11.7. The van der Waals surface area contributed by atoms with Crippen LogP contribution in [0.4, 0.5) is 5.69 Å². The van der Waals surface area contributed by atoms with E-state index >= 15 is 0 Å². The molecule has 0 saturated carbocycles. The first kappa shape index (κ1) is 10.7. The van der Waals surface area contributed by atoms with Gasteiger partial charge in [-0.25, -0.2) is 4.79 Å². The minimum atomic E-state index is 0.347. The Morgan fingerprint density at radius 1 is 1.38 bits per heavy atom. The summed E-state index contributed by atoms with van der Waals surface area (Å²) in [6, 6.07) is 6.48. The van der Waals surface area contributed by atoms with E-state index in [4.69, 9.17) is 0 Å². The van der Waals surface area contributed by atoms with Gasteiger partial charge in [-0.3, -0.25) is 0 Å². The molecule has 0 bridgehead atoms. The Morgan fingerprint density at radius 3 is 2.75 bits per heavy atom. The summed E-state index contributed by atoms with van der Waals surface area (Å²) in [6.45, 7) is 6.27. The topological polar surface area (TPSA) is 34.4 Å². The summed E-state index contributed by atoms with van der Waals surface area (Å²) in [5.74, 6) is 0. The summed E-state index contributed by atoms with van der Waals surface area (Å²) < 4.78 is 2.12. The van der Waals surface area contributed by atoms with Crippen molar-refractivity contribution in [3.8, 4) is 0 Å². The van der Waals surface area contributed by atoms with Gasteiger partial charge in [0, 0.05) is 17.6 Å². The highest BCUT2D eigenvalue weighted by molar-refractivity contribution is 5.92. The number of aromatic nitrogens is 1. The van der Waals surface area contributed by atoms with Gasteiger partial charge in [-0.2, -0.15) is 4.99 Å². The number of isocyanates is 1. The molecule has 0 radical (unpaired) electrons. The SMILES string of the molecule is Cc1ccc2c(N=C=O)cn(C(C)C)c2c1. The second-order valence-corrected chi connectivity index (χ2v) is 4.24. The van der Waals surface area contributed by atoms with Gasteiger partial charge in [0.1, 0.15) is 5.69 Å². The molecule has 1 aromatic heterocycles. The number of carbonyl (C=O) groups excluding carboxylic acids is 1. The maximum Gasteiger partial charge on any atom is 0.240 e. The van der Waals surface area contributed by atoms with E-state index in [2.05, 4.69) is 36.4 Å². The van der Waals surface area contributed by atoms with Crippen molar-refractivity contribution in [2.75, 3.05) is 0 Å². The number of fused-ring (bicyclic) bond motifs is 1. The molecule has 0 atom stereocenters. The number of benzene rings is 1. The Balaban J connectivity index is 2.81. The summed E-state index contributed by atoms with van der Waals surface area (Å²) in [7, 11) is 0. The Hall–Kier alpha value is -1.86. The molecule has 0 amide bonds. The second-order valence-electron chi connectivity index (χ2n) is 4.24. The molecule has 0 spiro atoms. The maximum atomic E-state index is 10.4. The van der Waals surface area contributed by atoms with Gasteiger partial charge < -0.3 is 4.57 Å². The maximum absolute atomic E-state index is 10.4. The molecule has 3 heteroatoms. The second kappa shape index (κ2) is 3.95. The average Bonchev–Trinajstić information content (AvgIpc) is 2.57. The lowest BCUT2D eigenvalue weighted by molar-refractivity contribution is 0.565. The average molecular weight is 214 g/mol. The number of nitrogens with zero attached hydrogens (tertiary/aromatic N) is 2. The van der Waals surface area contributed by atoms with Crippen LogP contribution in [0, 0.1) is 6.92 Å². The summed E-state index contributed by atoms with van der Waals surface area (Å²) in [6.07, 6.45) is 3.51. The number of hydrogen-bond donors (Lipinski definition) is 0. The largest absolute Gasteiger partial charge is 0.343 e. The lowest BCUT2D eigenvalue weighted by Gasteiger charge is -2.08. The molecular formula is C13H14N2O. The lowest BCUT2D eigenvalue weighted by atomic mass is 10.1. The van der Waals surface area contributed by atoms with Gasteiger partial charge in [-0.1, -0.05) is 12.1 Å². The minimum Gasteiger partial charge on any atom is -0.343 e. The van der Waals surface area contributed by atoms with E-state index in [1.807, 2.05) is 18.3 Å². The lowest BCUT2D eigenvalue weighted by Crippen LogP contribution is -1.97. The van der Waals surface area contributed by atoms with Gasteiger partial charge in [0.25, 0.3) is 0 Å². The molecule has 2 rings (SSSR count). The molecule has 1 aromatic carbocycles. The molecule has 16 heavy (non-hydrogen) atoms. The van der Waals surface area contributed by atoms with E-state index < -0.39 is 0 Å². The molecule has 82 valence electrons. The fourth-order valence-electron chi connectivity index (χ4n) is 1.91. The first-order valence-corrected chi connectivity index (χ1v) is 5.32. The first-order chi connectivity index (χ1) is 7.63. The predicted octanol–water partition coefficient (Wildman–Crippen LogP) is 3.50. The van der Waals surface area contributed by atoms with Crippen molar-refractivity contribution in [3.05, 3.63) is 30.0 Å². The van der Waals surface area contributed by atoms with Crippen LogP contribution in [0.3, 0.4) is 0 Å². The molecule has 0 N–H and O–H groups in total. The van der Waals surface area contributed by atoms with Gasteiger partial charge in [0.15, 0.2) is 0 Å². The van der Waals surface area contributed by atoms with E-state index in [0.29, 0.717) is 11.7 Å². The quantitative estimate of drug-likeness (QED) is 0.556. The van der Waals surface area contributed by atoms with E-state index in [1.165, 1.54) is 5.56 Å². The van der Waals surface area contributed by atoms with Gasteiger partial charge >= 0.3 is 0 Å². The van der Waals surface area contributed by atoms with Gasteiger partial charge in [-0.05, 0) is 32.4 Å². The Bertz CT molecular complexity index is 575. The highest BCUT2D eigenvalue weighted by Crippen LogP contribution is 2.31. The van der Waals surface area contributed by atoms with Crippen LogP contribution in [0.15, 0.2) is 29.4 Å². The zero-order valence-electron chi connectivity index (χ0n) is 9.69. The zero-order valence-corrected chi connectivity index (χ0v) is 9.69. The molecule has 3 nitrogen and oxygen atoms in total. The van der Waals surface area contributed by atoms with Crippen LogP contribution in [0.25, 0.3) is 10.9 Å². The smallest absolute Gasteiger partial charge is 0.240 e. The first-order valence-electron chi connectivity index (χ1n) is 5.32. The highest BCUT2D eigenvalue weighted by Gasteiger charge is 2.09. The van der Waals surface area contributed by atoms with Gasteiger partial charge in [0.05, 0.1) is 5.52 Å². The molecule has 0 fully saturated rings. The number of rotatable bonds is 2. The van der Waals surface area contributed by atoms with E-state index in [1.54, 1.807) is 6.08 Å². The van der Waals surface area contributed by atoms with Crippen molar-refractivity contribution in [3.63, 3.8) is 0 Å². The molecular weight excluding hydrogens is 200 g/mol. The summed E-state index contributed by atoms with van der Waals surface area (Å²) in [4.78, 5) is 14.1. The van der Waals surface area contributed by atoms with Gasteiger partial charge in [-0.15, -0.1) is 0 Å². The fourth-order valence-corrected chi connectivity index (χ4v) is 1.91. The van der Waals surface area contributed by atoms with E-state index in [-0.39, 0.29) is 0 Å². The molecule has 0 aliphatic heterocycles. The third kappa shape index (κ3) is 1.66. The van der Waals surface area contributed by atoms with Crippen molar-refractivity contribution >= 4 is 22.7 Å². The van der Waals surface area contributed by atoms with E-state index in [0.717, 1.165) is 10.9 Å².